The van der Waals surface area contributed by atoms with Gasteiger partial charge in [0.1, 0.15) is 5.82 Å². The second-order valence-electron chi connectivity index (χ2n) is 4.84. The highest BCUT2D eigenvalue weighted by atomic mass is 19.1. The van der Waals surface area contributed by atoms with Crippen LogP contribution >= 0.6 is 0 Å². The highest BCUT2D eigenvalue weighted by Crippen LogP contribution is 2.20. The van der Waals surface area contributed by atoms with Gasteiger partial charge in [0.05, 0.1) is 12.3 Å². The predicted octanol–water partition coefficient (Wildman–Crippen LogP) is 2.16. The Morgan fingerprint density at radius 1 is 1.26 bits per heavy atom. The number of carbonyl (C=O) groups is 2. The Morgan fingerprint density at radius 2 is 1.84 bits per heavy atom. The summed E-state index contributed by atoms with van der Waals surface area (Å²) in [5.41, 5.74) is 0.505. The fourth-order valence-corrected chi connectivity index (χ4v) is 1.66. The Kier molecular flexibility index (Phi) is 5.48. The van der Waals surface area contributed by atoms with Crippen molar-refractivity contribution in [2.75, 3.05) is 6.54 Å². The number of carboxylic acids is 1. The van der Waals surface area contributed by atoms with E-state index in [1.54, 1.807) is 0 Å². The van der Waals surface area contributed by atoms with E-state index in [0.717, 1.165) is 0 Å². The molecule has 4 nitrogen and oxygen atoms in total. The standard InChI is InChI=1S/C14H18FNO3/c1-9(2)8-16-14(19)12(7-13(17)18)10-3-5-11(15)6-4-10/h3-6,9,12H,7-8H2,1-2H3,(H,16,19)(H,17,18). The van der Waals surface area contributed by atoms with E-state index in [1.807, 2.05) is 13.8 Å². The summed E-state index contributed by atoms with van der Waals surface area (Å²) in [5.74, 6) is -2.34. The molecule has 104 valence electrons. The Balaban J connectivity index is 2.84. The number of nitrogens with one attached hydrogen (secondary N) is 1. The van der Waals surface area contributed by atoms with Crippen LogP contribution in [0.1, 0.15) is 31.7 Å². The van der Waals surface area contributed by atoms with Gasteiger partial charge in [0, 0.05) is 6.54 Å². The van der Waals surface area contributed by atoms with E-state index < -0.39 is 17.7 Å². The zero-order valence-corrected chi connectivity index (χ0v) is 11.0. The number of carbonyl (C=O) groups excluding carboxylic acids is 1. The fraction of sp³-hybridized carbons (Fsp3) is 0.429. The summed E-state index contributed by atoms with van der Waals surface area (Å²) in [5, 5.41) is 11.6. The fourth-order valence-electron chi connectivity index (χ4n) is 1.66. The molecule has 2 N–H and O–H groups in total. The lowest BCUT2D eigenvalue weighted by molar-refractivity contribution is -0.139. The molecule has 1 amide bonds. The molecule has 0 saturated heterocycles. The van der Waals surface area contributed by atoms with E-state index >= 15 is 0 Å². The van der Waals surface area contributed by atoms with Crippen LogP contribution in [0.5, 0.6) is 0 Å². The van der Waals surface area contributed by atoms with Crippen LogP contribution in [-0.4, -0.2) is 23.5 Å². The summed E-state index contributed by atoms with van der Waals surface area (Å²) in [6.45, 7) is 4.38. The van der Waals surface area contributed by atoms with Gasteiger partial charge in [0.25, 0.3) is 0 Å². The molecule has 19 heavy (non-hydrogen) atoms. The van der Waals surface area contributed by atoms with E-state index in [4.69, 9.17) is 5.11 Å². The number of hydrogen-bond donors (Lipinski definition) is 2. The molecule has 0 bridgehead atoms. The second kappa shape index (κ2) is 6.87. The summed E-state index contributed by atoms with van der Waals surface area (Å²) in [6, 6.07) is 5.33. The van der Waals surface area contributed by atoms with Gasteiger partial charge >= 0.3 is 5.97 Å². The third kappa shape index (κ3) is 5.07. The van der Waals surface area contributed by atoms with Crippen LogP contribution in [0.3, 0.4) is 0 Å². The Hall–Kier alpha value is -1.91. The van der Waals surface area contributed by atoms with E-state index in [9.17, 15) is 14.0 Å². The molecule has 0 aliphatic rings. The van der Waals surface area contributed by atoms with E-state index in [0.29, 0.717) is 12.1 Å². The molecule has 0 spiro atoms. The number of benzene rings is 1. The van der Waals surface area contributed by atoms with Gasteiger partial charge in [0.2, 0.25) is 5.91 Å². The topological polar surface area (TPSA) is 66.4 Å². The van der Waals surface area contributed by atoms with E-state index in [2.05, 4.69) is 5.32 Å². The molecule has 0 heterocycles. The molecular formula is C14H18FNO3. The van der Waals surface area contributed by atoms with Gasteiger partial charge in [0.15, 0.2) is 0 Å². The molecule has 0 aromatic heterocycles. The minimum atomic E-state index is -1.06. The molecule has 5 heteroatoms. The number of aliphatic carboxylic acids is 1. The third-order valence-electron chi connectivity index (χ3n) is 2.65. The highest BCUT2D eigenvalue weighted by Gasteiger charge is 2.23. The minimum Gasteiger partial charge on any atom is -0.481 e. The second-order valence-corrected chi connectivity index (χ2v) is 4.84. The van der Waals surface area contributed by atoms with Crippen LogP contribution in [0.25, 0.3) is 0 Å². The predicted molar refractivity (Wildman–Crippen MR) is 69.2 cm³/mol. The third-order valence-corrected chi connectivity index (χ3v) is 2.65. The molecule has 1 rings (SSSR count). The number of carboxylic acid groups (broad SMARTS) is 1. The van der Waals surface area contributed by atoms with E-state index in [-0.39, 0.29) is 18.2 Å². The van der Waals surface area contributed by atoms with Crippen LogP contribution in [0, 0.1) is 11.7 Å². The van der Waals surface area contributed by atoms with E-state index in [1.165, 1.54) is 24.3 Å². The van der Waals surface area contributed by atoms with Gasteiger partial charge in [-0.2, -0.15) is 0 Å². The maximum absolute atomic E-state index is 12.9. The molecule has 1 aromatic carbocycles. The molecule has 0 radical (unpaired) electrons. The molecule has 0 aliphatic heterocycles. The molecule has 1 unspecified atom stereocenters. The van der Waals surface area contributed by atoms with Crippen molar-refractivity contribution in [2.24, 2.45) is 5.92 Å². The molecule has 0 fully saturated rings. The lowest BCUT2D eigenvalue weighted by Gasteiger charge is -2.16. The van der Waals surface area contributed by atoms with Crippen molar-refractivity contribution in [2.45, 2.75) is 26.2 Å². The van der Waals surface area contributed by atoms with Crippen molar-refractivity contribution in [1.82, 2.24) is 5.32 Å². The van der Waals surface area contributed by atoms with Gasteiger partial charge in [-0.1, -0.05) is 26.0 Å². The average Bonchev–Trinajstić information content (AvgIpc) is 2.34. The Bertz CT molecular complexity index is 443. The van der Waals surface area contributed by atoms with Crippen LogP contribution in [0.15, 0.2) is 24.3 Å². The van der Waals surface area contributed by atoms with Crippen LogP contribution in [0.2, 0.25) is 0 Å². The summed E-state index contributed by atoms with van der Waals surface area (Å²) in [4.78, 5) is 22.8. The number of halogens is 1. The highest BCUT2D eigenvalue weighted by molar-refractivity contribution is 5.87. The van der Waals surface area contributed by atoms with Crippen molar-refractivity contribution in [1.29, 1.82) is 0 Å². The van der Waals surface area contributed by atoms with Crippen molar-refractivity contribution >= 4 is 11.9 Å². The van der Waals surface area contributed by atoms with Crippen molar-refractivity contribution in [3.8, 4) is 0 Å². The van der Waals surface area contributed by atoms with Gasteiger partial charge < -0.3 is 10.4 Å². The first-order valence-corrected chi connectivity index (χ1v) is 6.15. The van der Waals surface area contributed by atoms with Gasteiger partial charge in [-0.05, 0) is 23.6 Å². The molecule has 0 saturated carbocycles. The monoisotopic (exact) mass is 267 g/mol. The molecule has 1 aromatic rings. The number of rotatable bonds is 6. The van der Waals surface area contributed by atoms with Crippen molar-refractivity contribution < 1.29 is 19.1 Å². The lowest BCUT2D eigenvalue weighted by Crippen LogP contribution is -2.33. The quantitative estimate of drug-likeness (QED) is 0.830. The smallest absolute Gasteiger partial charge is 0.304 e. The zero-order chi connectivity index (χ0) is 14.4. The Labute approximate surface area is 111 Å². The van der Waals surface area contributed by atoms with Crippen molar-refractivity contribution in [3.63, 3.8) is 0 Å². The van der Waals surface area contributed by atoms with Crippen LogP contribution < -0.4 is 5.32 Å². The zero-order valence-electron chi connectivity index (χ0n) is 11.0. The molecule has 1 atom stereocenters. The first kappa shape index (κ1) is 15.1. The number of amides is 1. The summed E-state index contributed by atoms with van der Waals surface area (Å²) < 4.78 is 12.9. The SMILES string of the molecule is CC(C)CNC(=O)C(CC(=O)O)c1ccc(F)cc1. The van der Waals surface area contributed by atoms with Crippen molar-refractivity contribution in [3.05, 3.63) is 35.6 Å². The summed E-state index contributed by atoms with van der Waals surface area (Å²) in [6.07, 6.45) is -0.310. The normalized spacial score (nSPS) is 12.2. The van der Waals surface area contributed by atoms with Crippen LogP contribution in [0.4, 0.5) is 4.39 Å². The average molecular weight is 267 g/mol. The van der Waals surface area contributed by atoms with Gasteiger partial charge in [-0.15, -0.1) is 0 Å². The Morgan fingerprint density at radius 3 is 2.32 bits per heavy atom. The van der Waals surface area contributed by atoms with Crippen LogP contribution in [-0.2, 0) is 9.59 Å². The largest absolute Gasteiger partial charge is 0.481 e. The first-order chi connectivity index (χ1) is 8.90. The maximum atomic E-state index is 12.9. The lowest BCUT2D eigenvalue weighted by atomic mass is 9.94. The number of hydrogen-bond acceptors (Lipinski definition) is 2. The summed E-state index contributed by atoms with van der Waals surface area (Å²) >= 11 is 0. The van der Waals surface area contributed by atoms with Gasteiger partial charge in [-0.3, -0.25) is 9.59 Å². The minimum absolute atomic E-state index is 0.280. The molecular weight excluding hydrogens is 249 g/mol. The maximum Gasteiger partial charge on any atom is 0.304 e. The van der Waals surface area contributed by atoms with Gasteiger partial charge in [-0.25, -0.2) is 4.39 Å². The summed E-state index contributed by atoms with van der Waals surface area (Å²) in [7, 11) is 0. The molecule has 0 aliphatic carbocycles. The first-order valence-electron chi connectivity index (χ1n) is 6.15.